The molecule has 1 aromatic rings. The third-order valence-electron chi connectivity index (χ3n) is 2.48. The Bertz CT molecular complexity index is 385. The zero-order valence-electron chi connectivity index (χ0n) is 10.9. The second kappa shape index (κ2) is 6.17. The van der Waals surface area contributed by atoms with Crippen LogP contribution in [0, 0.1) is 5.92 Å². The molecule has 0 aromatic carbocycles. The van der Waals surface area contributed by atoms with Gasteiger partial charge in [0.25, 0.3) is 0 Å². The fraction of sp³-hybridized carbons (Fsp3) is 0.667. The minimum absolute atomic E-state index is 0.456. The van der Waals surface area contributed by atoms with E-state index in [9.17, 15) is 4.79 Å². The molecule has 0 unspecified atom stereocenters. The molecule has 96 valence electrons. The van der Waals surface area contributed by atoms with Gasteiger partial charge in [-0.25, -0.2) is 0 Å². The van der Waals surface area contributed by atoms with Crippen LogP contribution in [0.1, 0.15) is 29.9 Å². The molecule has 0 atom stereocenters. The van der Waals surface area contributed by atoms with E-state index < -0.39 is 0 Å². The van der Waals surface area contributed by atoms with Gasteiger partial charge in [0.05, 0.1) is 17.8 Å². The van der Waals surface area contributed by atoms with Crippen molar-refractivity contribution in [2.45, 2.75) is 26.8 Å². The molecule has 0 radical (unpaired) electrons. The third-order valence-corrected chi connectivity index (χ3v) is 2.88. The van der Waals surface area contributed by atoms with Crippen molar-refractivity contribution in [1.29, 1.82) is 0 Å². The Labute approximate surface area is 108 Å². The summed E-state index contributed by atoms with van der Waals surface area (Å²) in [5.74, 6) is 0.460. The van der Waals surface area contributed by atoms with Crippen LogP contribution >= 0.6 is 11.6 Å². The van der Waals surface area contributed by atoms with Gasteiger partial charge in [-0.1, -0.05) is 25.4 Å². The lowest BCUT2D eigenvalue weighted by atomic mass is 10.1. The van der Waals surface area contributed by atoms with Crippen LogP contribution in [0.15, 0.2) is 0 Å². The molecule has 0 aliphatic carbocycles. The van der Waals surface area contributed by atoms with Crippen molar-refractivity contribution >= 4 is 17.9 Å². The summed E-state index contributed by atoms with van der Waals surface area (Å²) in [7, 11) is 3.99. The average molecular weight is 258 g/mol. The number of aldehydes is 1. The molecule has 5 heteroatoms. The molecule has 0 saturated heterocycles. The predicted molar refractivity (Wildman–Crippen MR) is 69.7 cm³/mol. The monoisotopic (exact) mass is 257 g/mol. The summed E-state index contributed by atoms with van der Waals surface area (Å²) in [5.41, 5.74) is 1.35. The van der Waals surface area contributed by atoms with Crippen molar-refractivity contribution in [3.05, 3.63) is 16.4 Å². The van der Waals surface area contributed by atoms with Gasteiger partial charge in [-0.2, -0.15) is 5.10 Å². The molecule has 17 heavy (non-hydrogen) atoms. The summed E-state index contributed by atoms with van der Waals surface area (Å²) in [6, 6.07) is 0. The van der Waals surface area contributed by atoms with E-state index in [0.29, 0.717) is 23.2 Å². The normalized spacial score (nSPS) is 11.5. The summed E-state index contributed by atoms with van der Waals surface area (Å²) >= 11 is 6.15. The largest absolute Gasteiger partial charge is 0.308 e. The van der Waals surface area contributed by atoms with Gasteiger partial charge in [-0.05, 0) is 26.4 Å². The summed E-state index contributed by atoms with van der Waals surface area (Å²) in [6.07, 6.45) is 1.59. The Kier molecular flexibility index (Phi) is 5.15. The lowest BCUT2D eigenvalue weighted by molar-refractivity contribution is 0.112. The van der Waals surface area contributed by atoms with Crippen molar-refractivity contribution in [2.75, 3.05) is 20.6 Å². The standard InChI is InChI=1S/C12H20ClN3O/c1-9(2)7-11-10(8-17)12(13)16(14-11)6-5-15(3)4/h8-9H,5-7H2,1-4H3. The van der Waals surface area contributed by atoms with Gasteiger partial charge in [-0.15, -0.1) is 0 Å². The van der Waals surface area contributed by atoms with Crippen LogP contribution in [0.3, 0.4) is 0 Å². The highest BCUT2D eigenvalue weighted by atomic mass is 35.5. The maximum atomic E-state index is 11.0. The molecular formula is C12H20ClN3O. The van der Waals surface area contributed by atoms with Gasteiger partial charge in [0, 0.05) is 6.54 Å². The van der Waals surface area contributed by atoms with E-state index in [1.165, 1.54) is 0 Å². The summed E-state index contributed by atoms with van der Waals surface area (Å²) < 4.78 is 1.71. The molecular weight excluding hydrogens is 238 g/mol. The molecule has 0 aliphatic heterocycles. The average Bonchev–Trinajstić information content (AvgIpc) is 2.51. The molecule has 0 fully saturated rings. The minimum Gasteiger partial charge on any atom is -0.308 e. The minimum atomic E-state index is 0.456. The van der Waals surface area contributed by atoms with Crippen LogP contribution in [0.5, 0.6) is 0 Å². The first kappa shape index (κ1) is 14.2. The van der Waals surface area contributed by atoms with Gasteiger partial charge in [0.15, 0.2) is 6.29 Å². The Morgan fingerprint density at radius 1 is 1.47 bits per heavy atom. The molecule has 0 aliphatic rings. The second-order valence-electron chi connectivity index (χ2n) is 4.89. The van der Waals surface area contributed by atoms with E-state index in [0.717, 1.165) is 24.9 Å². The fourth-order valence-electron chi connectivity index (χ4n) is 1.60. The lowest BCUT2D eigenvalue weighted by Crippen LogP contribution is -2.19. The van der Waals surface area contributed by atoms with E-state index in [1.807, 2.05) is 14.1 Å². The van der Waals surface area contributed by atoms with E-state index in [-0.39, 0.29) is 0 Å². The van der Waals surface area contributed by atoms with Crippen molar-refractivity contribution in [3.63, 3.8) is 0 Å². The number of hydrogen-bond donors (Lipinski definition) is 0. The quantitative estimate of drug-likeness (QED) is 0.733. The topological polar surface area (TPSA) is 38.1 Å². The van der Waals surface area contributed by atoms with E-state index >= 15 is 0 Å². The smallest absolute Gasteiger partial charge is 0.155 e. The van der Waals surface area contributed by atoms with Gasteiger partial charge in [-0.3, -0.25) is 9.48 Å². The Hall–Kier alpha value is -0.870. The molecule has 1 heterocycles. The number of carbonyl (C=O) groups is 1. The van der Waals surface area contributed by atoms with E-state index in [1.54, 1.807) is 4.68 Å². The molecule has 0 N–H and O–H groups in total. The summed E-state index contributed by atoms with van der Waals surface area (Å²) in [5, 5.41) is 4.88. The van der Waals surface area contributed by atoms with E-state index in [4.69, 9.17) is 11.6 Å². The predicted octanol–water partition coefficient (Wildman–Crippen LogP) is 2.11. The highest BCUT2D eigenvalue weighted by Crippen LogP contribution is 2.20. The molecule has 1 aromatic heterocycles. The third kappa shape index (κ3) is 3.82. The van der Waals surface area contributed by atoms with Crippen molar-refractivity contribution in [2.24, 2.45) is 5.92 Å². The highest BCUT2D eigenvalue weighted by Gasteiger charge is 2.16. The number of hydrogen-bond acceptors (Lipinski definition) is 3. The molecule has 4 nitrogen and oxygen atoms in total. The van der Waals surface area contributed by atoms with Crippen LogP contribution in [-0.4, -0.2) is 41.6 Å². The maximum absolute atomic E-state index is 11.0. The molecule has 1 rings (SSSR count). The highest BCUT2D eigenvalue weighted by molar-refractivity contribution is 6.32. The first-order chi connectivity index (χ1) is 7.95. The van der Waals surface area contributed by atoms with Gasteiger partial charge >= 0.3 is 0 Å². The molecule has 0 bridgehead atoms. The maximum Gasteiger partial charge on any atom is 0.155 e. The summed E-state index contributed by atoms with van der Waals surface area (Å²) in [4.78, 5) is 13.1. The van der Waals surface area contributed by atoms with Gasteiger partial charge in [0.1, 0.15) is 5.15 Å². The number of likely N-dealkylation sites (N-methyl/N-ethyl adjacent to an activating group) is 1. The fourth-order valence-corrected chi connectivity index (χ4v) is 1.87. The van der Waals surface area contributed by atoms with Crippen LogP contribution in [0.25, 0.3) is 0 Å². The Morgan fingerprint density at radius 2 is 2.12 bits per heavy atom. The van der Waals surface area contributed by atoms with Gasteiger partial charge in [0.2, 0.25) is 0 Å². The Balaban J connectivity index is 2.92. The van der Waals surface area contributed by atoms with Gasteiger partial charge < -0.3 is 4.90 Å². The van der Waals surface area contributed by atoms with Crippen molar-refractivity contribution in [3.8, 4) is 0 Å². The number of carbonyl (C=O) groups excluding carboxylic acids is 1. The molecule has 0 amide bonds. The zero-order chi connectivity index (χ0) is 13.0. The number of aromatic nitrogens is 2. The van der Waals surface area contributed by atoms with Crippen molar-refractivity contribution in [1.82, 2.24) is 14.7 Å². The zero-order valence-corrected chi connectivity index (χ0v) is 11.7. The van der Waals surface area contributed by atoms with Crippen LogP contribution in [0.4, 0.5) is 0 Å². The number of halogens is 1. The lowest BCUT2D eigenvalue weighted by Gasteiger charge is -2.09. The van der Waals surface area contributed by atoms with Crippen LogP contribution < -0.4 is 0 Å². The first-order valence-electron chi connectivity index (χ1n) is 5.80. The first-order valence-corrected chi connectivity index (χ1v) is 6.18. The molecule has 0 saturated carbocycles. The number of rotatable bonds is 6. The van der Waals surface area contributed by atoms with Crippen molar-refractivity contribution < 1.29 is 4.79 Å². The Morgan fingerprint density at radius 3 is 2.59 bits per heavy atom. The van der Waals surface area contributed by atoms with Crippen LogP contribution in [0.2, 0.25) is 5.15 Å². The summed E-state index contributed by atoms with van der Waals surface area (Å²) in [6.45, 7) is 5.74. The van der Waals surface area contributed by atoms with E-state index in [2.05, 4.69) is 23.8 Å². The SMILES string of the molecule is CC(C)Cc1nn(CCN(C)C)c(Cl)c1C=O. The second-order valence-corrected chi connectivity index (χ2v) is 5.25. The molecule has 0 spiro atoms. The number of nitrogens with zero attached hydrogens (tertiary/aromatic N) is 3. The van der Waals surface area contributed by atoms with Crippen LogP contribution in [-0.2, 0) is 13.0 Å².